The largest absolute Gasteiger partial charge is 0.497 e. The maximum atomic E-state index is 14.0. The Hall–Kier alpha value is -5.06. The number of urea groups is 1. The zero-order valence-electron chi connectivity index (χ0n) is 18.8. The van der Waals surface area contributed by atoms with E-state index in [1.807, 2.05) is 0 Å². The summed E-state index contributed by atoms with van der Waals surface area (Å²) in [6.07, 6.45) is 1.21. The van der Waals surface area contributed by atoms with Gasteiger partial charge in [-0.05, 0) is 30.3 Å². The van der Waals surface area contributed by atoms with Crippen LogP contribution in [0.4, 0.5) is 20.6 Å². The molecule has 0 aromatic heterocycles. The van der Waals surface area contributed by atoms with Crippen LogP contribution in [0.15, 0.2) is 72.3 Å². The topological polar surface area (TPSA) is 128 Å². The molecule has 1 fully saturated rings. The van der Waals surface area contributed by atoms with Crippen molar-refractivity contribution in [3.8, 4) is 11.5 Å². The predicted molar refractivity (Wildman–Crippen MR) is 126 cm³/mol. The van der Waals surface area contributed by atoms with Crippen molar-refractivity contribution in [1.29, 1.82) is 0 Å². The number of anilines is 1. The quantitative estimate of drug-likeness (QED) is 0.229. The van der Waals surface area contributed by atoms with Crippen LogP contribution in [0.5, 0.6) is 11.5 Å². The highest BCUT2D eigenvalue weighted by atomic mass is 19.1. The molecule has 1 saturated heterocycles. The molecule has 3 aromatic carbocycles. The third-order valence-corrected chi connectivity index (χ3v) is 5.26. The lowest BCUT2D eigenvalue weighted by atomic mass is 10.1. The Kier molecular flexibility index (Phi) is 6.72. The number of nitrogens with zero attached hydrogens (tertiary/aromatic N) is 2. The van der Waals surface area contributed by atoms with Crippen LogP contribution in [0.1, 0.15) is 11.1 Å². The number of halogens is 1. The predicted octanol–water partition coefficient (Wildman–Crippen LogP) is 3.99. The summed E-state index contributed by atoms with van der Waals surface area (Å²) in [6, 6.07) is 14.5. The van der Waals surface area contributed by atoms with Crippen molar-refractivity contribution in [2.24, 2.45) is 0 Å². The van der Waals surface area contributed by atoms with Crippen LogP contribution >= 0.6 is 0 Å². The summed E-state index contributed by atoms with van der Waals surface area (Å²) in [5, 5.41) is 13.2. The first kappa shape index (κ1) is 24.1. The molecule has 4 rings (SSSR count). The Labute approximate surface area is 203 Å². The summed E-state index contributed by atoms with van der Waals surface area (Å²) in [7, 11) is 1.44. The average molecular weight is 491 g/mol. The van der Waals surface area contributed by atoms with E-state index in [-0.39, 0.29) is 34.9 Å². The molecule has 1 aliphatic heterocycles. The van der Waals surface area contributed by atoms with E-state index in [2.05, 4.69) is 5.32 Å². The van der Waals surface area contributed by atoms with Gasteiger partial charge in [-0.25, -0.2) is 14.1 Å². The molecule has 4 amide bonds. The molecule has 0 radical (unpaired) electrons. The normalized spacial score (nSPS) is 14.6. The van der Waals surface area contributed by atoms with Crippen molar-refractivity contribution in [3.05, 3.63) is 99.4 Å². The van der Waals surface area contributed by atoms with E-state index in [4.69, 9.17) is 9.47 Å². The third-order valence-electron chi connectivity index (χ3n) is 5.26. The van der Waals surface area contributed by atoms with Crippen molar-refractivity contribution in [3.63, 3.8) is 0 Å². The summed E-state index contributed by atoms with van der Waals surface area (Å²) >= 11 is 0. The fraction of sp³-hybridized carbons (Fsp3) is 0.0800. The minimum Gasteiger partial charge on any atom is -0.497 e. The van der Waals surface area contributed by atoms with Crippen LogP contribution < -0.4 is 19.7 Å². The molecular formula is C25H18FN3O7. The molecule has 1 heterocycles. The number of carbonyl (C=O) groups excluding carboxylic acids is 3. The zero-order valence-corrected chi connectivity index (χ0v) is 18.8. The molecule has 0 atom stereocenters. The number of nitro benzene ring substituents is 1. The van der Waals surface area contributed by atoms with Crippen LogP contribution in [0.25, 0.3) is 6.08 Å². The Bertz CT molecular complexity index is 1420. The van der Waals surface area contributed by atoms with E-state index < -0.39 is 34.2 Å². The molecule has 0 aliphatic carbocycles. The number of hydrogen-bond acceptors (Lipinski definition) is 7. The standard InChI is InChI=1S/C25H18FN3O7/c1-35-19-10-9-15(22(13-19)36-14-16-5-2-3-8-21(16)26)11-20-23(30)27-25(32)28(24(20)31)17-6-4-7-18(12-17)29(33)34/h2-13H,14H2,1H3,(H,27,30,32)/b20-11+. The second-order valence-electron chi connectivity index (χ2n) is 7.52. The van der Waals surface area contributed by atoms with E-state index in [1.54, 1.807) is 24.3 Å². The number of carbonyl (C=O) groups is 3. The van der Waals surface area contributed by atoms with Gasteiger partial charge in [0.1, 0.15) is 29.5 Å². The summed E-state index contributed by atoms with van der Waals surface area (Å²) in [5.41, 5.74) is -0.279. The third kappa shape index (κ3) is 4.89. The number of methoxy groups -OCH3 is 1. The van der Waals surface area contributed by atoms with Gasteiger partial charge >= 0.3 is 6.03 Å². The number of ether oxygens (including phenoxy) is 2. The molecular weight excluding hydrogens is 473 g/mol. The minimum absolute atomic E-state index is 0.0872. The molecule has 182 valence electrons. The fourth-order valence-electron chi connectivity index (χ4n) is 3.45. The lowest BCUT2D eigenvalue weighted by Gasteiger charge is -2.26. The summed E-state index contributed by atoms with van der Waals surface area (Å²) in [6.45, 7) is -0.144. The molecule has 0 unspecified atom stereocenters. The highest BCUT2D eigenvalue weighted by molar-refractivity contribution is 6.39. The van der Waals surface area contributed by atoms with Crippen LogP contribution in [0.2, 0.25) is 0 Å². The number of hydrogen-bond donors (Lipinski definition) is 1. The first-order chi connectivity index (χ1) is 17.3. The van der Waals surface area contributed by atoms with E-state index in [0.717, 1.165) is 6.07 Å². The number of amides is 4. The van der Waals surface area contributed by atoms with Crippen molar-refractivity contribution in [2.75, 3.05) is 12.0 Å². The number of benzene rings is 3. The smallest absolute Gasteiger partial charge is 0.335 e. The van der Waals surface area contributed by atoms with Gasteiger partial charge in [-0.2, -0.15) is 0 Å². The van der Waals surface area contributed by atoms with Gasteiger partial charge in [0.25, 0.3) is 17.5 Å². The van der Waals surface area contributed by atoms with E-state index in [0.29, 0.717) is 10.6 Å². The maximum Gasteiger partial charge on any atom is 0.335 e. The van der Waals surface area contributed by atoms with Crippen molar-refractivity contribution < 1.29 is 33.2 Å². The zero-order chi connectivity index (χ0) is 25.8. The number of non-ortho nitro benzene ring substituents is 1. The lowest BCUT2D eigenvalue weighted by Crippen LogP contribution is -2.54. The lowest BCUT2D eigenvalue weighted by molar-refractivity contribution is -0.384. The number of nitrogens with one attached hydrogen (secondary N) is 1. The SMILES string of the molecule is COc1ccc(/C=C2\C(=O)NC(=O)N(c3cccc([N+](=O)[O-])c3)C2=O)c(OCc2ccccc2F)c1. The Morgan fingerprint density at radius 2 is 1.83 bits per heavy atom. The van der Waals surface area contributed by atoms with Gasteiger partial charge in [-0.15, -0.1) is 0 Å². The fourth-order valence-corrected chi connectivity index (χ4v) is 3.45. The van der Waals surface area contributed by atoms with Crippen LogP contribution in [0.3, 0.4) is 0 Å². The molecule has 11 heteroatoms. The summed E-state index contributed by atoms with van der Waals surface area (Å²) < 4.78 is 25.0. The highest BCUT2D eigenvalue weighted by Crippen LogP contribution is 2.30. The number of rotatable bonds is 7. The van der Waals surface area contributed by atoms with Crippen molar-refractivity contribution >= 4 is 35.3 Å². The van der Waals surface area contributed by atoms with Crippen LogP contribution in [-0.2, 0) is 16.2 Å². The molecule has 0 bridgehead atoms. The molecule has 10 nitrogen and oxygen atoms in total. The molecule has 1 N–H and O–H groups in total. The van der Waals surface area contributed by atoms with Gasteiger partial charge < -0.3 is 9.47 Å². The van der Waals surface area contributed by atoms with Crippen molar-refractivity contribution in [1.82, 2.24) is 5.32 Å². The number of nitro groups is 1. The van der Waals surface area contributed by atoms with Gasteiger partial charge in [0, 0.05) is 29.3 Å². The number of barbiturate groups is 1. The summed E-state index contributed by atoms with van der Waals surface area (Å²) in [4.78, 5) is 49.3. The molecule has 0 saturated carbocycles. The van der Waals surface area contributed by atoms with E-state index in [9.17, 15) is 28.9 Å². The Morgan fingerprint density at radius 1 is 1.06 bits per heavy atom. The van der Waals surface area contributed by atoms with E-state index >= 15 is 0 Å². The van der Waals surface area contributed by atoms with E-state index in [1.165, 1.54) is 49.6 Å². The second-order valence-corrected chi connectivity index (χ2v) is 7.52. The van der Waals surface area contributed by atoms with Gasteiger partial charge in [0.05, 0.1) is 17.7 Å². The van der Waals surface area contributed by atoms with Gasteiger partial charge in [0.15, 0.2) is 0 Å². The minimum atomic E-state index is -1.05. The van der Waals surface area contributed by atoms with Crippen LogP contribution in [-0.4, -0.2) is 29.9 Å². The molecule has 3 aromatic rings. The molecule has 1 aliphatic rings. The molecule has 0 spiro atoms. The van der Waals surface area contributed by atoms with Crippen LogP contribution in [0, 0.1) is 15.9 Å². The van der Waals surface area contributed by atoms with Gasteiger partial charge in [-0.3, -0.25) is 25.0 Å². The maximum absolute atomic E-state index is 14.0. The van der Waals surface area contributed by atoms with Gasteiger partial charge in [-0.1, -0.05) is 24.3 Å². The number of imide groups is 2. The Balaban J connectivity index is 1.70. The average Bonchev–Trinajstić information content (AvgIpc) is 2.86. The van der Waals surface area contributed by atoms with Crippen molar-refractivity contribution in [2.45, 2.75) is 6.61 Å². The monoisotopic (exact) mass is 491 g/mol. The summed E-state index contributed by atoms with van der Waals surface area (Å²) in [5.74, 6) is -1.81. The molecule has 36 heavy (non-hydrogen) atoms. The second kappa shape index (κ2) is 10.1. The first-order valence-electron chi connectivity index (χ1n) is 10.5. The highest BCUT2D eigenvalue weighted by Gasteiger charge is 2.37. The van der Waals surface area contributed by atoms with Gasteiger partial charge in [0.2, 0.25) is 0 Å². The Morgan fingerprint density at radius 3 is 2.56 bits per heavy atom. The first-order valence-corrected chi connectivity index (χ1v) is 10.5.